The smallest absolute Gasteiger partial charge is 0.229 e. The molecule has 0 saturated heterocycles. The molecule has 0 aliphatic rings. The van der Waals surface area contributed by atoms with E-state index >= 15 is 0 Å². The van der Waals surface area contributed by atoms with Crippen molar-refractivity contribution in [2.75, 3.05) is 25.1 Å². The predicted molar refractivity (Wildman–Crippen MR) is 70.6 cm³/mol. The average molecular weight is 252 g/mol. The van der Waals surface area contributed by atoms with Crippen molar-refractivity contribution in [3.63, 3.8) is 0 Å². The molecule has 0 spiro atoms. The molecule has 1 aromatic rings. The number of anilines is 1. The Balaban J connectivity index is 2.63. The van der Waals surface area contributed by atoms with E-state index in [1.165, 1.54) is 4.90 Å². The molecule has 5 heteroatoms. The minimum absolute atomic E-state index is 0.0652. The van der Waals surface area contributed by atoms with Gasteiger partial charge in [0.05, 0.1) is 12.5 Å². The maximum atomic E-state index is 12.0. The lowest BCUT2D eigenvalue weighted by Crippen LogP contribution is -2.34. The van der Waals surface area contributed by atoms with Crippen LogP contribution < -0.4 is 10.6 Å². The Morgan fingerprint density at radius 2 is 2.06 bits per heavy atom. The molecule has 0 aliphatic carbocycles. The van der Waals surface area contributed by atoms with E-state index in [2.05, 4.69) is 0 Å². The number of hydrogen-bond donors (Lipinski definition) is 2. The third kappa shape index (κ3) is 4.01. The highest BCUT2D eigenvalue weighted by atomic mass is 16.5. The van der Waals surface area contributed by atoms with Crippen molar-refractivity contribution in [2.24, 2.45) is 5.73 Å². The number of aromatic hydroxyl groups is 1. The van der Waals surface area contributed by atoms with Gasteiger partial charge in [-0.3, -0.25) is 4.79 Å². The van der Waals surface area contributed by atoms with Crippen LogP contribution in [0.15, 0.2) is 24.3 Å². The number of phenolic OH excluding ortho intramolecular Hbond substituents is 1. The summed E-state index contributed by atoms with van der Waals surface area (Å²) in [6.07, 6.45) is 0.00361. The van der Waals surface area contributed by atoms with Gasteiger partial charge in [0.15, 0.2) is 0 Å². The van der Waals surface area contributed by atoms with E-state index in [1.54, 1.807) is 31.3 Å². The van der Waals surface area contributed by atoms with Gasteiger partial charge in [0.2, 0.25) is 5.91 Å². The fourth-order valence-corrected chi connectivity index (χ4v) is 1.60. The van der Waals surface area contributed by atoms with Gasteiger partial charge >= 0.3 is 0 Å². The quantitative estimate of drug-likeness (QED) is 0.795. The number of phenols is 1. The molecule has 1 amide bonds. The van der Waals surface area contributed by atoms with Crippen molar-refractivity contribution < 1.29 is 14.6 Å². The monoisotopic (exact) mass is 252 g/mol. The van der Waals surface area contributed by atoms with Crippen LogP contribution in [0, 0.1) is 0 Å². The predicted octanol–water partition coefficient (Wildman–Crippen LogP) is 1.11. The normalized spacial score (nSPS) is 12.2. The van der Waals surface area contributed by atoms with Gasteiger partial charge < -0.3 is 20.5 Å². The molecule has 0 saturated carbocycles. The third-order valence-electron chi connectivity index (χ3n) is 2.68. The summed E-state index contributed by atoms with van der Waals surface area (Å²) in [5.74, 6) is 0.110. The second-order valence-corrected chi connectivity index (χ2v) is 3.99. The fourth-order valence-electron chi connectivity index (χ4n) is 1.60. The SMILES string of the molecule is CCOC(CN)CC(=O)N(C)c1ccc(O)cc1. The summed E-state index contributed by atoms with van der Waals surface area (Å²) in [4.78, 5) is 13.5. The van der Waals surface area contributed by atoms with Crippen molar-refractivity contribution in [2.45, 2.75) is 19.4 Å². The van der Waals surface area contributed by atoms with Crippen LogP contribution in [-0.2, 0) is 9.53 Å². The molecule has 0 aliphatic heterocycles. The summed E-state index contributed by atoms with van der Waals surface area (Å²) in [6.45, 7) is 2.73. The summed E-state index contributed by atoms with van der Waals surface area (Å²) in [7, 11) is 1.69. The second-order valence-electron chi connectivity index (χ2n) is 3.99. The molecule has 1 rings (SSSR count). The first-order chi connectivity index (χ1) is 8.58. The molecule has 1 unspecified atom stereocenters. The summed E-state index contributed by atoms with van der Waals surface area (Å²) in [6, 6.07) is 6.46. The molecule has 1 atom stereocenters. The van der Waals surface area contributed by atoms with Crippen molar-refractivity contribution in [1.29, 1.82) is 0 Å². The Bertz CT molecular complexity index is 378. The van der Waals surface area contributed by atoms with Crippen LogP contribution in [0.5, 0.6) is 5.75 Å². The minimum atomic E-state index is -0.248. The zero-order valence-corrected chi connectivity index (χ0v) is 10.8. The number of nitrogens with two attached hydrogens (primary N) is 1. The molecule has 1 aromatic carbocycles. The van der Waals surface area contributed by atoms with Crippen LogP contribution >= 0.6 is 0 Å². The highest BCUT2D eigenvalue weighted by Gasteiger charge is 2.17. The maximum absolute atomic E-state index is 12.0. The largest absolute Gasteiger partial charge is 0.508 e. The van der Waals surface area contributed by atoms with Gasteiger partial charge in [-0.1, -0.05) is 0 Å². The highest BCUT2D eigenvalue weighted by molar-refractivity contribution is 5.93. The Morgan fingerprint density at radius 1 is 1.44 bits per heavy atom. The molecule has 0 aromatic heterocycles. The summed E-state index contributed by atoms with van der Waals surface area (Å²) < 4.78 is 5.35. The number of nitrogens with zero attached hydrogens (tertiary/aromatic N) is 1. The van der Waals surface area contributed by atoms with Gasteiger partial charge in [0, 0.05) is 25.9 Å². The van der Waals surface area contributed by atoms with Crippen molar-refractivity contribution in [3.05, 3.63) is 24.3 Å². The molecule has 18 heavy (non-hydrogen) atoms. The summed E-state index contributed by atoms with van der Waals surface area (Å²) in [5, 5.41) is 9.19. The number of hydrogen-bond acceptors (Lipinski definition) is 4. The lowest BCUT2D eigenvalue weighted by molar-refractivity contribution is -0.120. The first-order valence-corrected chi connectivity index (χ1v) is 5.95. The molecular weight excluding hydrogens is 232 g/mol. The number of rotatable bonds is 6. The molecule has 5 nitrogen and oxygen atoms in total. The molecule has 3 N–H and O–H groups in total. The van der Waals surface area contributed by atoms with Crippen LogP contribution in [0.3, 0.4) is 0 Å². The van der Waals surface area contributed by atoms with Gasteiger partial charge in [-0.2, -0.15) is 0 Å². The Morgan fingerprint density at radius 3 is 2.56 bits per heavy atom. The van der Waals surface area contributed by atoms with Crippen molar-refractivity contribution >= 4 is 11.6 Å². The number of carbonyl (C=O) groups excluding carboxylic acids is 1. The molecular formula is C13H20N2O3. The molecule has 0 heterocycles. The van der Waals surface area contributed by atoms with Crippen LogP contribution in [0.4, 0.5) is 5.69 Å². The van der Waals surface area contributed by atoms with Gasteiger partial charge in [-0.15, -0.1) is 0 Å². The zero-order chi connectivity index (χ0) is 13.5. The Hall–Kier alpha value is -1.59. The zero-order valence-electron chi connectivity index (χ0n) is 10.8. The second kappa shape index (κ2) is 6.98. The Labute approximate surface area is 107 Å². The summed E-state index contributed by atoms with van der Waals surface area (Å²) >= 11 is 0. The summed E-state index contributed by atoms with van der Waals surface area (Å²) in [5.41, 5.74) is 6.26. The number of benzene rings is 1. The van der Waals surface area contributed by atoms with E-state index in [-0.39, 0.29) is 24.2 Å². The van der Waals surface area contributed by atoms with Gasteiger partial charge in [-0.05, 0) is 31.2 Å². The van der Waals surface area contributed by atoms with Crippen LogP contribution in [0.1, 0.15) is 13.3 Å². The van der Waals surface area contributed by atoms with Crippen LogP contribution in [0.2, 0.25) is 0 Å². The Kier molecular flexibility index (Phi) is 5.61. The number of carbonyl (C=O) groups is 1. The third-order valence-corrected chi connectivity index (χ3v) is 2.68. The lowest BCUT2D eigenvalue weighted by atomic mass is 10.2. The average Bonchev–Trinajstić information content (AvgIpc) is 2.38. The first kappa shape index (κ1) is 14.5. The fraction of sp³-hybridized carbons (Fsp3) is 0.462. The lowest BCUT2D eigenvalue weighted by Gasteiger charge is -2.21. The van der Waals surface area contributed by atoms with Gasteiger partial charge in [-0.25, -0.2) is 0 Å². The van der Waals surface area contributed by atoms with Crippen molar-refractivity contribution in [3.8, 4) is 5.75 Å². The van der Waals surface area contributed by atoms with Crippen LogP contribution in [-0.4, -0.2) is 37.3 Å². The molecule has 100 valence electrons. The van der Waals surface area contributed by atoms with E-state index in [1.807, 2.05) is 6.92 Å². The topological polar surface area (TPSA) is 75.8 Å². The van der Waals surface area contributed by atoms with Crippen molar-refractivity contribution in [1.82, 2.24) is 0 Å². The first-order valence-electron chi connectivity index (χ1n) is 5.95. The minimum Gasteiger partial charge on any atom is -0.508 e. The number of ether oxygens (including phenoxy) is 1. The van der Waals surface area contributed by atoms with E-state index in [9.17, 15) is 9.90 Å². The van der Waals surface area contributed by atoms with E-state index in [4.69, 9.17) is 10.5 Å². The van der Waals surface area contributed by atoms with Gasteiger partial charge in [0.1, 0.15) is 5.75 Å². The standard InChI is InChI=1S/C13H20N2O3/c1-3-18-12(9-14)8-13(17)15(2)10-4-6-11(16)7-5-10/h4-7,12,16H,3,8-9,14H2,1-2H3. The van der Waals surface area contributed by atoms with E-state index < -0.39 is 0 Å². The highest BCUT2D eigenvalue weighted by Crippen LogP contribution is 2.18. The molecule has 0 fully saturated rings. The number of amides is 1. The van der Waals surface area contributed by atoms with E-state index in [0.717, 1.165) is 5.69 Å². The van der Waals surface area contributed by atoms with Gasteiger partial charge in [0.25, 0.3) is 0 Å². The molecule has 0 radical (unpaired) electrons. The van der Waals surface area contributed by atoms with Crippen LogP contribution in [0.25, 0.3) is 0 Å². The molecule has 0 bridgehead atoms. The maximum Gasteiger partial charge on any atom is 0.229 e. The van der Waals surface area contributed by atoms with E-state index in [0.29, 0.717) is 13.2 Å².